The fraction of sp³-hybridized carbons (Fsp3) is 0.240. The Morgan fingerprint density at radius 2 is 1.77 bits per heavy atom. The van der Waals surface area contributed by atoms with Crippen LogP contribution in [0.5, 0.6) is 17.5 Å². The molecule has 0 aliphatic carbocycles. The molecule has 0 atom stereocenters. The summed E-state index contributed by atoms with van der Waals surface area (Å²) in [6.07, 6.45) is -2.83. The van der Waals surface area contributed by atoms with Crippen LogP contribution in [0.2, 0.25) is 0 Å². The van der Waals surface area contributed by atoms with Crippen LogP contribution in [-0.2, 0) is 6.18 Å². The monoisotopic (exact) mass is 483 g/mol. The molecule has 1 N–H and O–H groups in total. The van der Waals surface area contributed by atoms with Gasteiger partial charge in [0.2, 0.25) is 5.95 Å². The average molecular weight is 483 g/mol. The van der Waals surface area contributed by atoms with Crippen LogP contribution < -0.4 is 14.8 Å². The van der Waals surface area contributed by atoms with E-state index in [0.717, 1.165) is 22.9 Å². The van der Waals surface area contributed by atoms with Crippen LogP contribution in [0.1, 0.15) is 31.1 Å². The van der Waals surface area contributed by atoms with Gasteiger partial charge in [-0.1, -0.05) is 12.1 Å². The third-order valence-corrected chi connectivity index (χ3v) is 5.15. The van der Waals surface area contributed by atoms with E-state index in [9.17, 15) is 13.2 Å². The molecule has 35 heavy (non-hydrogen) atoms. The molecule has 0 aliphatic rings. The van der Waals surface area contributed by atoms with Crippen molar-refractivity contribution < 1.29 is 22.6 Å². The summed E-state index contributed by atoms with van der Waals surface area (Å²) >= 11 is 0. The second-order valence-electron chi connectivity index (χ2n) is 8.08. The molecule has 7 nitrogen and oxygen atoms in total. The van der Waals surface area contributed by atoms with Gasteiger partial charge in [0, 0.05) is 29.2 Å². The lowest BCUT2D eigenvalue weighted by molar-refractivity contribution is -0.138. The van der Waals surface area contributed by atoms with Crippen LogP contribution in [-0.4, -0.2) is 26.9 Å². The van der Waals surface area contributed by atoms with Gasteiger partial charge < -0.3 is 14.8 Å². The number of nitrogens with zero attached hydrogens (tertiary/aromatic N) is 4. The summed E-state index contributed by atoms with van der Waals surface area (Å²) in [7, 11) is 1.58. The van der Waals surface area contributed by atoms with Crippen LogP contribution in [0.25, 0.3) is 11.1 Å². The van der Waals surface area contributed by atoms with E-state index in [4.69, 9.17) is 9.47 Å². The molecule has 0 saturated carbocycles. The highest BCUT2D eigenvalue weighted by atomic mass is 19.4. The number of para-hydroxylation sites is 1. The van der Waals surface area contributed by atoms with Crippen molar-refractivity contribution in [2.24, 2.45) is 0 Å². The van der Waals surface area contributed by atoms with Gasteiger partial charge in [0.1, 0.15) is 11.5 Å². The number of hydrogen-bond donors (Lipinski definition) is 1. The van der Waals surface area contributed by atoms with E-state index in [1.165, 1.54) is 22.9 Å². The van der Waals surface area contributed by atoms with E-state index in [1.807, 2.05) is 45.0 Å². The molecule has 0 amide bonds. The molecule has 2 aromatic carbocycles. The normalized spacial score (nSPS) is 11.5. The van der Waals surface area contributed by atoms with Gasteiger partial charge in [0.15, 0.2) is 0 Å². The fourth-order valence-corrected chi connectivity index (χ4v) is 3.51. The third kappa shape index (κ3) is 5.37. The molecule has 2 aromatic heterocycles. The summed E-state index contributed by atoms with van der Waals surface area (Å²) in [5.74, 6) is 0.451. The number of halogens is 3. The number of nitrogens with one attached hydrogen (secondary N) is 1. The third-order valence-electron chi connectivity index (χ3n) is 5.15. The Kier molecular flexibility index (Phi) is 6.63. The Labute approximate surface area is 200 Å². The number of benzene rings is 2. The fourth-order valence-electron chi connectivity index (χ4n) is 3.51. The summed E-state index contributed by atoms with van der Waals surface area (Å²) < 4.78 is 52.8. The number of hydrogen-bond acceptors (Lipinski definition) is 6. The number of aryl methyl sites for hydroxylation is 1. The Balaban J connectivity index is 1.63. The number of aromatic nitrogens is 4. The van der Waals surface area contributed by atoms with Crippen molar-refractivity contribution in [2.45, 2.75) is 33.0 Å². The minimum atomic E-state index is -4.56. The number of pyridine rings is 1. The van der Waals surface area contributed by atoms with Gasteiger partial charge >= 0.3 is 12.2 Å². The predicted octanol–water partition coefficient (Wildman–Crippen LogP) is 6.79. The standard InChI is InChI=1S/C25H24F3N5O2/c1-15(2)33-24(35-21-8-6-5-7-20(21)25(26,27)28)31-23(32-33)30-18-9-10-19(22(14-18)34-4)17-11-12-29-16(3)13-17/h5-15H,1-4H3,(H,30,32). The minimum absolute atomic E-state index is 0.0601. The largest absolute Gasteiger partial charge is 0.496 e. The van der Waals surface area contributed by atoms with Gasteiger partial charge in [-0.3, -0.25) is 4.98 Å². The van der Waals surface area contributed by atoms with Gasteiger partial charge in [0.25, 0.3) is 0 Å². The van der Waals surface area contributed by atoms with Crippen LogP contribution in [0.15, 0.2) is 60.8 Å². The SMILES string of the molecule is COc1cc(Nc2nc(Oc3ccccc3C(F)(F)F)n(C(C)C)n2)ccc1-c1ccnc(C)c1. The van der Waals surface area contributed by atoms with Gasteiger partial charge in [-0.15, -0.1) is 5.10 Å². The van der Waals surface area contributed by atoms with Crippen molar-refractivity contribution in [3.8, 4) is 28.6 Å². The molecule has 0 radical (unpaired) electrons. The zero-order chi connectivity index (χ0) is 25.2. The van der Waals surface area contributed by atoms with E-state index in [1.54, 1.807) is 19.4 Å². The molecule has 0 spiro atoms. The maximum absolute atomic E-state index is 13.4. The van der Waals surface area contributed by atoms with E-state index < -0.39 is 11.7 Å². The number of methoxy groups -OCH3 is 1. The van der Waals surface area contributed by atoms with Gasteiger partial charge in [0.05, 0.1) is 18.7 Å². The molecular weight excluding hydrogens is 459 g/mol. The molecule has 0 aliphatic heterocycles. The van der Waals surface area contributed by atoms with Crippen molar-refractivity contribution in [1.82, 2.24) is 19.7 Å². The van der Waals surface area contributed by atoms with E-state index in [-0.39, 0.29) is 23.8 Å². The molecule has 0 bridgehead atoms. The highest BCUT2D eigenvalue weighted by Crippen LogP contribution is 2.38. The predicted molar refractivity (Wildman–Crippen MR) is 126 cm³/mol. The molecule has 10 heteroatoms. The molecule has 4 rings (SSSR count). The van der Waals surface area contributed by atoms with Crippen molar-refractivity contribution in [3.05, 3.63) is 72.1 Å². The Hall–Kier alpha value is -4.08. The second kappa shape index (κ2) is 9.65. The van der Waals surface area contributed by atoms with Crippen LogP contribution in [0.3, 0.4) is 0 Å². The van der Waals surface area contributed by atoms with Crippen molar-refractivity contribution in [3.63, 3.8) is 0 Å². The van der Waals surface area contributed by atoms with Crippen LogP contribution in [0.4, 0.5) is 24.8 Å². The van der Waals surface area contributed by atoms with Gasteiger partial charge in [-0.2, -0.15) is 18.2 Å². The summed E-state index contributed by atoms with van der Waals surface area (Å²) in [4.78, 5) is 8.52. The van der Waals surface area contributed by atoms with Gasteiger partial charge in [-0.05, 0) is 62.7 Å². The maximum Gasteiger partial charge on any atom is 0.419 e. The zero-order valence-electron chi connectivity index (χ0n) is 19.6. The first kappa shape index (κ1) is 24.1. The number of alkyl halides is 3. The lowest BCUT2D eigenvalue weighted by Gasteiger charge is -2.14. The minimum Gasteiger partial charge on any atom is -0.496 e. The highest BCUT2D eigenvalue weighted by Gasteiger charge is 2.34. The van der Waals surface area contributed by atoms with Crippen molar-refractivity contribution >= 4 is 11.6 Å². The number of anilines is 2. The Morgan fingerprint density at radius 3 is 2.46 bits per heavy atom. The summed E-state index contributed by atoms with van der Waals surface area (Å²) in [5.41, 5.74) is 2.48. The first-order valence-corrected chi connectivity index (χ1v) is 10.8. The molecule has 0 unspecified atom stereocenters. The molecule has 0 fully saturated rings. The van der Waals surface area contributed by atoms with Crippen molar-refractivity contribution in [2.75, 3.05) is 12.4 Å². The van der Waals surface area contributed by atoms with Crippen molar-refractivity contribution in [1.29, 1.82) is 0 Å². The smallest absolute Gasteiger partial charge is 0.419 e. The zero-order valence-corrected chi connectivity index (χ0v) is 19.6. The second-order valence-corrected chi connectivity index (χ2v) is 8.08. The lowest BCUT2D eigenvalue weighted by Crippen LogP contribution is -2.09. The Morgan fingerprint density at radius 1 is 1.00 bits per heavy atom. The Bertz CT molecular complexity index is 1330. The maximum atomic E-state index is 13.4. The molecular formula is C25H24F3N5O2. The van der Waals surface area contributed by atoms with Crippen LogP contribution in [0, 0.1) is 6.92 Å². The van der Waals surface area contributed by atoms with E-state index in [0.29, 0.717) is 11.4 Å². The first-order chi connectivity index (χ1) is 16.7. The topological polar surface area (TPSA) is 74.1 Å². The average Bonchev–Trinajstić information content (AvgIpc) is 3.21. The highest BCUT2D eigenvalue weighted by molar-refractivity contribution is 5.74. The number of ether oxygens (including phenoxy) is 2. The summed E-state index contributed by atoms with van der Waals surface area (Å²) in [5, 5.41) is 7.46. The summed E-state index contributed by atoms with van der Waals surface area (Å²) in [6.45, 7) is 5.57. The van der Waals surface area contributed by atoms with Gasteiger partial charge in [-0.25, -0.2) is 4.68 Å². The molecule has 0 saturated heterocycles. The molecule has 4 aromatic rings. The van der Waals surface area contributed by atoms with Crippen LogP contribution >= 0.6 is 0 Å². The van der Waals surface area contributed by atoms with E-state index >= 15 is 0 Å². The quantitative estimate of drug-likeness (QED) is 0.312. The lowest BCUT2D eigenvalue weighted by atomic mass is 10.0. The summed E-state index contributed by atoms with van der Waals surface area (Å²) in [6, 6.07) is 14.1. The number of rotatable bonds is 7. The van der Waals surface area contributed by atoms with E-state index in [2.05, 4.69) is 20.4 Å². The molecule has 182 valence electrons. The molecule has 2 heterocycles. The first-order valence-electron chi connectivity index (χ1n) is 10.8.